The molecule has 0 radical (unpaired) electrons. The van der Waals surface area contributed by atoms with Crippen LogP contribution in [0.15, 0.2) is 24.3 Å². The number of ether oxygens (including phenoxy) is 1. The van der Waals surface area contributed by atoms with Crippen LogP contribution in [0.2, 0.25) is 0 Å². The Morgan fingerprint density at radius 2 is 2.41 bits per heavy atom. The number of amides is 1. The van der Waals surface area contributed by atoms with Gasteiger partial charge in [0.15, 0.2) is 0 Å². The fraction of sp³-hybridized carbons (Fsp3) is 0.462. The molecule has 1 atom stereocenters. The summed E-state index contributed by atoms with van der Waals surface area (Å²) in [6.45, 7) is 1.56. The number of carbonyl (C=O) groups is 1. The van der Waals surface area contributed by atoms with Crippen LogP contribution < -0.4 is 5.32 Å². The predicted octanol–water partition coefficient (Wildman–Crippen LogP) is 2.59. The van der Waals surface area contributed by atoms with Crippen LogP contribution in [0.4, 0.5) is 0 Å². The fourth-order valence-corrected chi connectivity index (χ4v) is 2.49. The van der Waals surface area contributed by atoms with E-state index >= 15 is 0 Å². The molecule has 1 aliphatic rings. The minimum absolute atomic E-state index is 0.00140. The highest BCUT2D eigenvalue weighted by Crippen LogP contribution is 2.14. The zero-order valence-electron chi connectivity index (χ0n) is 9.62. The lowest BCUT2D eigenvalue weighted by atomic mass is 10.1. The summed E-state index contributed by atoms with van der Waals surface area (Å²) >= 11 is 2.21. The molecular formula is C13H16INO2. The fourth-order valence-electron chi connectivity index (χ4n) is 1.95. The monoisotopic (exact) mass is 345 g/mol. The summed E-state index contributed by atoms with van der Waals surface area (Å²) in [7, 11) is 0. The van der Waals surface area contributed by atoms with Crippen LogP contribution in [0.5, 0.6) is 0 Å². The van der Waals surface area contributed by atoms with Crippen molar-refractivity contribution < 1.29 is 9.53 Å². The van der Waals surface area contributed by atoms with Crippen molar-refractivity contribution in [2.75, 3.05) is 13.2 Å². The molecule has 0 saturated carbocycles. The highest BCUT2D eigenvalue weighted by atomic mass is 127. The highest BCUT2D eigenvalue weighted by Gasteiger charge is 2.15. The van der Waals surface area contributed by atoms with Crippen molar-refractivity contribution in [3.63, 3.8) is 0 Å². The Bertz CT molecular complexity index is 389. The average molecular weight is 345 g/mol. The highest BCUT2D eigenvalue weighted by molar-refractivity contribution is 14.1. The van der Waals surface area contributed by atoms with E-state index in [1.807, 2.05) is 24.3 Å². The molecule has 0 bridgehead atoms. The van der Waals surface area contributed by atoms with Gasteiger partial charge in [-0.3, -0.25) is 4.79 Å². The molecule has 4 heteroatoms. The number of nitrogens with one attached hydrogen (secondary N) is 1. The van der Waals surface area contributed by atoms with E-state index in [1.165, 1.54) is 0 Å². The first-order chi connectivity index (χ1) is 8.25. The molecular weight excluding hydrogens is 329 g/mol. The molecule has 0 aliphatic carbocycles. The first kappa shape index (κ1) is 12.8. The van der Waals surface area contributed by atoms with E-state index < -0.39 is 0 Å². The van der Waals surface area contributed by atoms with Crippen LogP contribution >= 0.6 is 22.6 Å². The minimum Gasteiger partial charge on any atom is -0.378 e. The molecule has 1 fully saturated rings. The van der Waals surface area contributed by atoms with Gasteiger partial charge in [-0.1, -0.05) is 6.07 Å². The van der Waals surface area contributed by atoms with Crippen molar-refractivity contribution in [1.29, 1.82) is 0 Å². The number of halogens is 1. The van der Waals surface area contributed by atoms with E-state index in [0.717, 1.165) is 35.0 Å². The topological polar surface area (TPSA) is 38.3 Å². The van der Waals surface area contributed by atoms with Crippen LogP contribution in [-0.2, 0) is 4.74 Å². The van der Waals surface area contributed by atoms with Crippen LogP contribution in [0.3, 0.4) is 0 Å². The van der Waals surface area contributed by atoms with Crippen molar-refractivity contribution in [2.45, 2.75) is 25.4 Å². The lowest BCUT2D eigenvalue weighted by molar-refractivity contribution is 0.0907. The van der Waals surface area contributed by atoms with Gasteiger partial charge in [-0.2, -0.15) is 0 Å². The Balaban J connectivity index is 1.77. The van der Waals surface area contributed by atoms with E-state index in [9.17, 15) is 4.79 Å². The van der Waals surface area contributed by atoms with Gasteiger partial charge in [-0.15, -0.1) is 0 Å². The maximum absolute atomic E-state index is 11.8. The van der Waals surface area contributed by atoms with Crippen molar-refractivity contribution in [1.82, 2.24) is 5.32 Å². The van der Waals surface area contributed by atoms with Crippen LogP contribution in [0, 0.1) is 3.57 Å². The maximum Gasteiger partial charge on any atom is 0.251 e. The van der Waals surface area contributed by atoms with Crippen molar-refractivity contribution in [2.24, 2.45) is 0 Å². The molecule has 1 aromatic carbocycles. The lowest BCUT2D eigenvalue weighted by Gasteiger charge is -2.10. The Morgan fingerprint density at radius 1 is 1.53 bits per heavy atom. The second kappa shape index (κ2) is 6.35. The van der Waals surface area contributed by atoms with Crippen LogP contribution in [-0.4, -0.2) is 25.2 Å². The average Bonchev–Trinajstić information content (AvgIpc) is 2.82. The van der Waals surface area contributed by atoms with Gasteiger partial charge in [0, 0.05) is 22.3 Å². The van der Waals surface area contributed by atoms with Crippen molar-refractivity contribution in [3.8, 4) is 0 Å². The zero-order chi connectivity index (χ0) is 12.1. The Morgan fingerprint density at radius 3 is 3.12 bits per heavy atom. The molecule has 0 spiro atoms. The quantitative estimate of drug-likeness (QED) is 0.852. The summed E-state index contributed by atoms with van der Waals surface area (Å²) < 4.78 is 6.59. The second-order valence-electron chi connectivity index (χ2n) is 4.19. The Kier molecular flexibility index (Phi) is 4.79. The second-order valence-corrected chi connectivity index (χ2v) is 5.44. The number of hydrogen-bond acceptors (Lipinski definition) is 2. The summed E-state index contributed by atoms with van der Waals surface area (Å²) in [5.74, 6) is 0.00140. The summed E-state index contributed by atoms with van der Waals surface area (Å²) in [5, 5.41) is 2.93. The van der Waals surface area contributed by atoms with Crippen LogP contribution in [0.25, 0.3) is 0 Å². The molecule has 1 aromatic rings. The minimum atomic E-state index is 0.00140. The molecule has 1 N–H and O–H groups in total. The van der Waals surface area contributed by atoms with E-state index in [4.69, 9.17) is 4.74 Å². The van der Waals surface area contributed by atoms with Gasteiger partial charge in [-0.05, 0) is 60.1 Å². The largest absolute Gasteiger partial charge is 0.378 e. The molecule has 1 saturated heterocycles. The molecule has 92 valence electrons. The van der Waals surface area contributed by atoms with Gasteiger partial charge in [0.25, 0.3) is 5.91 Å². The van der Waals surface area contributed by atoms with Gasteiger partial charge < -0.3 is 10.1 Å². The van der Waals surface area contributed by atoms with Gasteiger partial charge in [0.1, 0.15) is 0 Å². The number of benzene rings is 1. The molecule has 1 aliphatic heterocycles. The van der Waals surface area contributed by atoms with E-state index in [-0.39, 0.29) is 5.91 Å². The van der Waals surface area contributed by atoms with Crippen molar-refractivity contribution >= 4 is 28.5 Å². The number of carbonyl (C=O) groups excluding carboxylic acids is 1. The molecule has 2 rings (SSSR count). The summed E-state index contributed by atoms with van der Waals surface area (Å²) in [6.07, 6.45) is 3.52. The molecule has 17 heavy (non-hydrogen) atoms. The number of rotatable bonds is 4. The van der Waals surface area contributed by atoms with Gasteiger partial charge in [0.2, 0.25) is 0 Å². The van der Waals surface area contributed by atoms with E-state index in [2.05, 4.69) is 27.9 Å². The van der Waals surface area contributed by atoms with E-state index in [0.29, 0.717) is 12.6 Å². The third-order valence-corrected chi connectivity index (χ3v) is 3.53. The predicted molar refractivity (Wildman–Crippen MR) is 75.1 cm³/mol. The molecule has 1 unspecified atom stereocenters. The molecule has 1 heterocycles. The lowest BCUT2D eigenvalue weighted by Crippen LogP contribution is -2.27. The normalized spacial score (nSPS) is 19.2. The smallest absolute Gasteiger partial charge is 0.251 e. The maximum atomic E-state index is 11.8. The first-order valence-corrected chi connectivity index (χ1v) is 6.99. The van der Waals surface area contributed by atoms with Crippen molar-refractivity contribution in [3.05, 3.63) is 33.4 Å². The first-order valence-electron chi connectivity index (χ1n) is 5.91. The number of hydrogen-bond donors (Lipinski definition) is 1. The van der Waals surface area contributed by atoms with Gasteiger partial charge >= 0.3 is 0 Å². The third-order valence-electron chi connectivity index (χ3n) is 2.86. The molecule has 0 aromatic heterocycles. The zero-order valence-corrected chi connectivity index (χ0v) is 11.8. The summed E-state index contributed by atoms with van der Waals surface area (Å²) in [6, 6.07) is 7.60. The summed E-state index contributed by atoms with van der Waals surface area (Å²) in [4.78, 5) is 11.8. The van der Waals surface area contributed by atoms with E-state index in [1.54, 1.807) is 0 Å². The third kappa shape index (κ3) is 3.96. The van der Waals surface area contributed by atoms with Gasteiger partial charge in [0.05, 0.1) is 6.10 Å². The Hall–Kier alpha value is -0.620. The summed E-state index contributed by atoms with van der Waals surface area (Å²) in [5.41, 5.74) is 0.726. The molecule has 1 amide bonds. The SMILES string of the molecule is O=C(NCCC1CCCO1)c1cccc(I)c1. The molecule has 3 nitrogen and oxygen atoms in total. The standard InChI is InChI=1S/C13H16INO2/c14-11-4-1-3-10(9-11)13(16)15-7-6-12-5-2-8-17-12/h1,3-4,9,12H,2,5-8H2,(H,15,16). The van der Waals surface area contributed by atoms with Crippen LogP contribution in [0.1, 0.15) is 29.6 Å². The Labute approximate surface area is 115 Å². The van der Waals surface area contributed by atoms with Gasteiger partial charge in [-0.25, -0.2) is 0 Å².